The molecule has 0 aromatic carbocycles. The minimum atomic E-state index is -4.43. The summed E-state index contributed by atoms with van der Waals surface area (Å²) in [4.78, 5) is 11.0. The summed E-state index contributed by atoms with van der Waals surface area (Å²) in [6.07, 6.45) is -2.53. The lowest BCUT2D eigenvalue weighted by atomic mass is 9.96. The van der Waals surface area contributed by atoms with Gasteiger partial charge in [0.2, 0.25) is 0 Å². The van der Waals surface area contributed by atoms with Crippen LogP contribution in [0.2, 0.25) is 0 Å². The molecule has 1 heterocycles. The van der Waals surface area contributed by atoms with E-state index in [0.29, 0.717) is 6.54 Å². The Morgan fingerprint density at radius 1 is 1.47 bits per heavy atom. The third-order valence-electron chi connectivity index (χ3n) is 2.25. The van der Waals surface area contributed by atoms with Crippen molar-refractivity contribution in [2.75, 3.05) is 19.7 Å². The van der Waals surface area contributed by atoms with Gasteiger partial charge in [-0.05, 0) is 31.8 Å². The summed E-state index contributed by atoms with van der Waals surface area (Å²) in [6, 6.07) is 0. The Hall–Kier alpha value is -0.780. The normalized spacial score (nSPS) is 22.5. The number of rotatable bonds is 3. The number of nitrogens with one attached hydrogen (secondary N) is 1. The molecule has 3 nitrogen and oxygen atoms in total. The van der Waals surface area contributed by atoms with Crippen molar-refractivity contribution in [3.8, 4) is 0 Å². The highest BCUT2D eigenvalue weighted by atomic mass is 19.4. The van der Waals surface area contributed by atoms with E-state index in [0.717, 1.165) is 19.4 Å². The number of carbonyl (C=O) groups excluding carboxylic acids is 1. The van der Waals surface area contributed by atoms with Crippen LogP contribution in [0.25, 0.3) is 0 Å². The van der Waals surface area contributed by atoms with E-state index in [9.17, 15) is 18.0 Å². The number of hydrogen-bond acceptors (Lipinski definition) is 3. The Morgan fingerprint density at radius 2 is 2.20 bits per heavy atom. The van der Waals surface area contributed by atoms with Crippen LogP contribution in [0, 0.1) is 5.92 Å². The zero-order valence-electron chi connectivity index (χ0n) is 8.27. The van der Waals surface area contributed by atoms with Gasteiger partial charge in [0.1, 0.15) is 0 Å². The molecule has 1 saturated heterocycles. The van der Waals surface area contributed by atoms with Crippen LogP contribution < -0.4 is 5.32 Å². The molecular weight excluding hydrogens is 211 g/mol. The molecule has 1 aliphatic rings. The van der Waals surface area contributed by atoms with Crippen molar-refractivity contribution in [3.63, 3.8) is 0 Å². The maximum absolute atomic E-state index is 11.7. The lowest BCUT2D eigenvalue weighted by Gasteiger charge is -2.21. The van der Waals surface area contributed by atoms with Crippen molar-refractivity contribution >= 4 is 5.97 Å². The first-order valence-corrected chi connectivity index (χ1v) is 4.90. The van der Waals surface area contributed by atoms with E-state index in [-0.39, 0.29) is 12.3 Å². The number of ether oxygens (including phenoxy) is 1. The van der Waals surface area contributed by atoms with Crippen molar-refractivity contribution in [2.45, 2.75) is 25.4 Å². The summed E-state index contributed by atoms with van der Waals surface area (Å²) < 4.78 is 39.2. The first kappa shape index (κ1) is 12.3. The van der Waals surface area contributed by atoms with E-state index in [2.05, 4.69) is 10.1 Å². The minimum Gasteiger partial charge on any atom is -0.456 e. The SMILES string of the molecule is O=C(C[C@H]1CCCNC1)OCC(F)(F)F. The van der Waals surface area contributed by atoms with Crippen LogP contribution >= 0.6 is 0 Å². The molecule has 0 radical (unpaired) electrons. The predicted octanol–water partition coefficient (Wildman–Crippen LogP) is 1.48. The molecule has 0 bridgehead atoms. The van der Waals surface area contributed by atoms with Gasteiger partial charge in [0.05, 0.1) is 0 Å². The van der Waals surface area contributed by atoms with Crippen molar-refractivity contribution in [2.24, 2.45) is 5.92 Å². The maximum atomic E-state index is 11.7. The fourth-order valence-corrected chi connectivity index (χ4v) is 1.56. The molecule has 15 heavy (non-hydrogen) atoms. The predicted molar refractivity (Wildman–Crippen MR) is 47.2 cm³/mol. The Bertz CT molecular complexity index is 212. The average Bonchev–Trinajstić information content (AvgIpc) is 2.15. The number of alkyl halides is 3. The van der Waals surface area contributed by atoms with Gasteiger partial charge in [-0.15, -0.1) is 0 Å². The molecule has 6 heteroatoms. The topological polar surface area (TPSA) is 38.3 Å². The molecule has 0 spiro atoms. The van der Waals surface area contributed by atoms with E-state index in [1.54, 1.807) is 0 Å². The summed E-state index contributed by atoms with van der Waals surface area (Å²) in [5, 5.41) is 3.08. The molecule has 1 fully saturated rings. The van der Waals surface area contributed by atoms with E-state index >= 15 is 0 Å². The number of halogens is 3. The quantitative estimate of drug-likeness (QED) is 0.739. The Morgan fingerprint density at radius 3 is 2.73 bits per heavy atom. The van der Waals surface area contributed by atoms with Crippen LogP contribution in [0.5, 0.6) is 0 Å². The summed E-state index contributed by atoms with van der Waals surface area (Å²) in [7, 11) is 0. The molecule has 0 aromatic heterocycles. The highest BCUT2D eigenvalue weighted by Crippen LogP contribution is 2.17. The summed E-state index contributed by atoms with van der Waals surface area (Å²) in [6.45, 7) is 0.112. The van der Waals surface area contributed by atoms with Gasteiger partial charge in [0.15, 0.2) is 6.61 Å². The summed E-state index contributed by atoms with van der Waals surface area (Å²) >= 11 is 0. The maximum Gasteiger partial charge on any atom is 0.422 e. The van der Waals surface area contributed by atoms with Gasteiger partial charge in [-0.2, -0.15) is 13.2 Å². The lowest BCUT2D eigenvalue weighted by molar-refractivity contribution is -0.187. The van der Waals surface area contributed by atoms with Crippen molar-refractivity contribution in [3.05, 3.63) is 0 Å². The third kappa shape index (κ3) is 5.61. The highest BCUT2D eigenvalue weighted by molar-refractivity contribution is 5.69. The molecule has 1 aliphatic heterocycles. The molecular formula is C9H14F3NO2. The van der Waals surface area contributed by atoms with Gasteiger partial charge in [-0.1, -0.05) is 0 Å². The molecule has 88 valence electrons. The monoisotopic (exact) mass is 225 g/mol. The van der Waals surface area contributed by atoms with Crippen LogP contribution in [-0.2, 0) is 9.53 Å². The van der Waals surface area contributed by atoms with Gasteiger partial charge in [-0.25, -0.2) is 0 Å². The summed E-state index contributed by atoms with van der Waals surface area (Å²) in [5.41, 5.74) is 0. The van der Waals surface area contributed by atoms with E-state index < -0.39 is 18.8 Å². The Kier molecular flexibility index (Phi) is 4.38. The second kappa shape index (κ2) is 5.34. The molecule has 1 rings (SSSR count). The molecule has 0 saturated carbocycles. The Balaban J connectivity index is 2.17. The number of piperidine rings is 1. The lowest BCUT2D eigenvalue weighted by Crippen LogP contribution is -2.32. The standard InChI is InChI=1S/C9H14F3NO2/c10-9(11,12)6-15-8(14)4-7-2-1-3-13-5-7/h7,13H,1-6H2/t7-/m1/s1. The van der Waals surface area contributed by atoms with Crippen molar-refractivity contribution in [1.29, 1.82) is 0 Å². The zero-order chi connectivity index (χ0) is 11.3. The molecule has 1 N–H and O–H groups in total. The van der Waals surface area contributed by atoms with E-state index in [1.165, 1.54) is 0 Å². The second-order valence-electron chi connectivity index (χ2n) is 3.69. The van der Waals surface area contributed by atoms with Crippen LogP contribution in [-0.4, -0.2) is 31.8 Å². The van der Waals surface area contributed by atoms with Crippen LogP contribution in [0.1, 0.15) is 19.3 Å². The van der Waals surface area contributed by atoms with E-state index in [1.807, 2.05) is 0 Å². The number of carbonyl (C=O) groups is 1. The zero-order valence-corrected chi connectivity index (χ0v) is 8.27. The van der Waals surface area contributed by atoms with Crippen molar-refractivity contribution in [1.82, 2.24) is 5.32 Å². The summed E-state index contributed by atoms with van der Waals surface area (Å²) in [5.74, 6) is -0.652. The Labute approximate surface area is 86.0 Å². The first-order valence-electron chi connectivity index (χ1n) is 4.90. The molecule has 0 amide bonds. The third-order valence-corrected chi connectivity index (χ3v) is 2.25. The van der Waals surface area contributed by atoms with Crippen LogP contribution in [0.4, 0.5) is 13.2 Å². The second-order valence-corrected chi connectivity index (χ2v) is 3.69. The smallest absolute Gasteiger partial charge is 0.422 e. The fraction of sp³-hybridized carbons (Fsp3) is 0.889. The number of hydrogen-bond donors (Lipinski definition) is 1. The minimum absolute atomic E-state index is 0.0725. The van der Waals surface area contributed by atoms with Gasteiger partial charge in [0.25, 0.3) is 0 Å². The molecule has 1 atom stereocenters. The van der Waals surface area contributed by atoms with Gasteiger partial charge >= 0.3 is 12.1 Å². The largest absolute Gasteiger partial charge is 0.456 e. The van der Waals surface area contributed by atoms with Crippen molar-refractivity contribution < 1.29 is 22.7 Å². The highest BCUT2D eigenvalue weighted by Gasteiger charge is 2.30. The molecule has 0 aromatic rings. The first-order chi connectivity index (χ1) is 6.97. The van der Waals surface area contributed by atoms with Crippen LogP contribution in [0.3, 0.4) is 0 Å². The number of esters is 1. The van der Waals surface area contributed by atoms with Crippen LogP contribution in [0.15, 0.2) is 0 Å². The fourth-order valence-electron chi connectivity index (χ4n) is 1.56. The van der Waals surface area contributed by atoms with E-state index in [4.69, 9.17) is 0 Å². The average molecular weight is 225 g/mol. The van der Waals surface area contributed by atoms with Gasteiger partial charge < -0.3 is 10.1 Å². The molecule has 0 unspecified atom stereocenters. The molecule has 0 aliphatic carbocycles. The van der Waals surface area contributed by atoms with Gasteiger partial charge in [0, 0.05) is 6.42 Å². The van der Waals surface area contributed by atoms with Gasteiger partial charge in [-0.3, -0.25) is 4.79 Å².